The number of carbonyl (C=O) groups is 2. The molecule has 1 aliphatic carbocycles. The number of para-hydroxylation sites is 2. The maximum Gasteiger partial charge on any atom is 0.290 e. The predicted molar refractivity (Wildman–Crippen MR) is 106 cm³/mol. The van der Waals surface area contributed by atoms with E-state index in [9.17, 15) is 9.59 Å². The van der Waals surface area contributed by atoms with E-state index in [1.54, 1.807) is 12.0 Å². The highest BCUT2D eigenvalue weighted by Gasteiger charge is 2.48. The Kier molecular flexibility index (Phi) is 5.10. The number of aromatic nitrogens is 2. The molecule has 1 saturated carbocycles. The van der Waals surface area contributed by atoms with Gasteiger partial charge in [-0.3, -0.25) is 9.59 Å². The van der Waals surface area contributed by atoms with Crippen molar-refractivity contribution in [2.75, 3.05) is 20.3 Å². The Hall–Kier alpha value is -2.41. The van der Waals surface area contributed by atoms with Crippen LogP contribution >= 0.6 is 0 Å². The molecule has 1 N–H and O–H groups in total. The molecule has 1 atom stereocenters. The minimum absolute atomic E-state index is 0.0905. The summed E-state index contributed by atoms with van der Waals surface area (Å²) in [6.07, 6.45) is 5.53. The van der Waals surface area contributed by atoms with Gasteiger partial charge in [-0.2, -0.15) is 0 Å². The quantitative estimate of drug-likeness (QED) is 0.859. The van der Waals surface area contributed by atoms with Gasteiger partial charge in [-0.05, 0) is 31.9 Å². The molecule has 1 aliphatic heterocycles. The van der Waals surface area contributed by atoms with Gasteiger partial charge in [0.1, 0.15) is 5.54 Å². The summed E-state index contributed by atoms with van der Waals surface area (Å²) in [6, 6.07) is 7.87. The second kappa shape index (κ2) is 7.54. The first-order valence-electron chi connectivity index (χ1n) is 10.1. The van der Waals surface area contributed by atoms with Crippen LogP contribution in [0.4, 0.5) is 0 Å². The lowest BCUT2D eigenvalue weighted by molar-refractivity contribution is -0.134. The third-order valence-electron chi connectivity index (χ3n) is 6.10. The summed E-state index contributed by atoms with van der Waals surface area (Å²) in [4.78, 5) is 32.9. The molecular weight excluding hydrogens is 356 g/mol. The Morgan fingerprint density at radius 1 is 1.29 bits per heavy atom. The monoisotopic (exact) mass is 384 g/mol. The van der Waals surface area contributed by atoms with E-state index in [0.717, 1.165) is 36.7 Å². The van der Waals surface area contributed by atoms with Gasteiger partial charge in [-0.15, -0.1) is 0 Å². The van der Waals surface area contributed by atoms with Crippen LogP contribution in [0, 0.1) is 0 Å². The minimum Gasteiger partial charge on any atom is -0.383 e. The van der Waals surface area contributed by atoms with Gasteiger partial charge in [0.25, 0.3) is 5.91 Å². The minimum atomic E-state index is -0.983. The van der Waals surface area contributed by atoms with Crippen molar-refractivity contribution in [1.82, 2.24) is 19.8 Å². The van der Waals surface area contributed by atoms with Gasteiger partial charge >= 0.3 is 0 Å². The van der Waals surface area contributed by atoms with Crippen molar-refractivity contribution in [2.24, 2.45) is 0 Å². The molecule has 150 valence electrons. The Labute approximate surface area is 165 Å². The van der Waals surface area contributed by atoms with Crippen LogP contribution in [-0.4, -0.2) is 58.1 Å². The van der Waals surface area contributed by atoms with Crippen LogP contribution in [0.15, 0.2) is 24.3 Å². The summed E-state index contributed by atoms with van der Waals surface area (Å²) in [6.45, 7) is 2.97. The molecule has 7 heteroatoms. The fourth-order valence-corrected chi connectivity index (χ4v) is 4.45. The van der Waals surface area contributed by atoms with E-state index in [2.05, 4.69) is 10.3 Å². The summed E-state index contributed by atoms with van der Waals surface area (Å²) in [5.74, 6) is 0.0772. The van der Waals surface area contributed by atoms with Gasteiger partial charge in [0.05, 0.1) is 24.2 Å². The van der Waals surface area contributed by atoms with Crippen molar-refractivity contribution >= 4 is 22.8 Å². The zero-order valence-corrected chi connectivity index (χ0v) is 16.6. The molecule has 28 heavy (non-hydrogen) atoms. The molecule has 2 aliphatic rings. The van der Waals surface area contributed by atoms with E-state index in [4.69, 9.17) is 4.74 Å². The van der Waals surface area contributed by atoms with E-state index in [1.165, 1.54) is 6.42 Å². The van der Waals surface area contributed by atoms with Crippen LogP contribution in [0.1, 0.15) is 49.6 Å². The van der Waals surface area contributed by atoms with Crippen LogP contribution in [0.25, 0.3) is 11.0 Å². The lowest BCUT2D eigenvalue weighted by atomic mass is 9.91. The number of ether oxygens (including phenoxy) is 1. The lowest BCUT2D eigenvalue weighted by Gasteiger charge is -2.44. The molecule has 7 nitrogen and oxygen atoms in total. The molecule has 0 spiro atoms. The second-order valence-corrected chi connectivity index (χ2v) is 8.04. The third-order valence-corrected chi connectivity index (χ3v) is 6.10. The van der Waals surface area contributed by atoms with Crippen molar-refractivity contribution in [3.05, 3.63) is 30.1 Å². The molecule has 0 saturated heterocycles. The number of hydrogen-bond acceptors (Lipinski definition) is 4. The Balaban J connectivity index is 1.70. The van der Waals surface area contributed by atoms with E-state index in [1.807, 2.05) is 35.8 Å². The van der Waals surface area contributed by atoms with Crippen molar-refractivity contribution in [1.29, 1.82) is 0 Å². The SMILES string of the molecule is COCCN1C(=O)c2nc3ccccc3n2C[C@@]1(C)C(=O)NC1CCCCC1. The summed E-state index contributed by atoms with van der Waals surface area (Å²) in [5.41, 5.74) is 0.673. The first kappa shape index (κ1) is 18.9. The van der Waals surface area contributed by atoms with E-state index in [-0.39, 0.29) is 17.9 Å². The highest BCUT2D eigenvalue weighted by atomic mass is 16.5. The average molecular weight is 384 g/mol. The van der Waals surface area contributed by atoms with Crippen LogP contribution < -0.4 is 5.32 Å². The predicted octanol–water partition coefficient (Wildman–Crippen LogP) is 2.35. The van der Waals surface area contributed by atoms with Gasteiger partial charge in [-0.25, -0.2) is 4.98 Å². The Morgan fingerprint density at radius 2 is 2.04 bits per heavy atom. The number of imidazole rings is 1. The molecule has 4 rings (SSSR count). The number of nitrogens with zero attached hydrogens (tertiary/aromatic N) is 3. The fourth-order valence-electron chi connectivity index (χ4n) is 4.45. The van der Waals surface area contributed by atoms with Gasteiger partial charge in [0, 0.05) is 19.7 Å². The van der Waals surface area contributed by atoms with Crippen LogP contribution in [0.5, 0.6) is 0 Å². The molecule has 0 bridgehead atoms. The number of amides is 2. The first-order chi connectivity index (χ1) is 13.5. The molecule has 1 aromatic carbocycles. The molecule has 0 radical (unpaired) electrons. The van der Waals surface area contributed by atoms with Gasteiger partial charge in [-0.1, -0.05) is 31.4 Å². The van der Waals surface area contributed by atoms with Crippen molar-refractivity contribution in [3.63, 3.8) is 0 Å². The van der Waals surface area contributed by atoms with Crippen LogP contribution in [0.2, 0.25) is 0 Å². The number of hydrogen-bond donors (Lipinski definition) is 1. The fraction of sp³-hybridized carbons (Fsp3) is 0.571. The molecule has 2 aromatic rings. The molecule has 2 heterocycles. The van der Waals surface area contributed by atoms with Gasteiger partial charge < -0.3 is 19.5 Å². The van der Waals surface area contributed by atoms with E-state index >= 15 is 0 Å². The van der Waals surface area contributed by atoms with Crippen molar-refractivity contribution < 1.29 is 14.3 Å². The molecule has 1 fully saturated rings. The topological polar surface area (TPSA) is 76.5 Å². The summed E-state index contributed by atoms with van der Waals surface area (Å²) >= 11 is 0. The molecular formula is C21H28N4O3. The standard InChI is InChI=1S/C21H28N4O3/c1-21(20(27)22-15-8-4-3-5-9-15)14-24-17-11-7-6-10-16(17)23-18(24)19(26)25(21)12-13-28-2/h6-7,10-11,15H,3-5,8-9,12-14H2,1-2H3,(H,22,27)/t21-/m0/s1. The largest absolute Gasteiger partial charge is 0.383 e. The lowest BCUT2D eigenvalue weighted by Crippen LogP contribution is -2.65. The van der Waals surface area contributed by atoms with E-state index < -0.39 is 5.54 Å². The number of nitrogens with one attached hydrogen (secondary N) is 1. The summed E-state index contributed by atoms with van der Waals surface area (Å²) in [7, 11) is 1.60. The maximum atomic E-state index is 13.4. The smallest absolute Gasteiger partial charge is 0.290 e. The molecule has 0 unspecified atom stereocenters. The van der Waals surface area contributed by atoms with E-state index in [0.29, 0.717) is 25.5 Å². The van der Waals surface area contributed by atoms with Gasteiger partial charge in [0.2, 0.25) is 5.91 Å². The second-order valence-electron chi connectivity index (χ2n) is 8.04. The normalized spacial score (nSPS) is 23.1. The van der Waals surface area contributed by atoms with Crippen molar-refractivity contribution in [3.8, 4) is 0 Å². The molecule has 2 amide bonds. The van der Waals surface area contributed by atoms with Gasteiger partial charge in [0.15, 0.2) is 5.82 Å². The first-order valence-corrected chi connectivity index (χ1v) is 10.1. The highest BCUT2D eigenvalue weighted by Crippen LogP contribution is 2.31. The van der Waals surface area contributed by atoms with Crippen LogP contribution in [0.3, 0.4) is 0 Å². The average Bonchev–Trinajstić information content (AvgIpc) is 3.07. The molecule has 1 aromatic heterocycles. The number of methoxy groups -OCH3 is 1. The number of fused-ring (bicyclic) bond motifs is 3. The maximum absolute atomic E-state index is 13.4. The number of rotatable bonds is 5. The summed E-state index contributed by atoms with van der Waals surface area (Å²) in [5, 5.41) is 3.22. The number of benzene rings is 1. The zero-order valence-electron chi connectivity index (χ0n) is 16.6. The third kappa shape index (κ3) is 3.17. The Bertz CT molecular complexity index is 887. The highest BCUT2D eigenvalue weighted by molar-refractivity contribution is 6.01. The van der Waals surface area contributed by atoms with Crippen LogP contribution in [-0.2, 0) is 16.1 Å². The van der Waals surface area contributed by atoms with Crippen molar-refractivity contribution in [2.45, 2.75) is 57.2 Å². The zero-order chi connectivity index (χ0) is 19.7. The number of carbonyl (C=O) groups excluding carboxylic acids is 2. The summed E-state index contributed by atoms with van der Waals surface area (Å²) < 4.78 is 7.10. The Morgan fingerprint density at radius 3 is 2.79 bits per heavy atom.